The van der Waals surface area contributed by atoms with E-state index in [-0.39, 0.29) is 11.5 Å². The summed E-state index contributed by atoms with van der Waals surface area (Å²) in [6.45, 7) is 0. The van der Waals surface area contributed by atoms with E-state index in [1.165, 1.54) is 6.07 Å². The molecule has 0 atom stereocenters. The number of hydrogen-bond acceptors (Lipinski definition) is 2. The first kappa shape index (κ1) is 9.04. The molecular formula is C14H10O2. The maximum absolute atomic E-state index is 9.75. The molecule has 2 heteroatoms. The van der Waals surface area contributed by atoms with Crippen LogP contribution in [0.2, 0.25) is 0 Å². The molecule has 0 saturated heterocycles. The second kappa shape index (κ2) is 3.14. The number of rotatable bonds is 0. The van der Waals surface area contributed by atoms with E-state index < -0.39 is 0 Å². The molecule has 0 unspecified atom stereocenters. The summed E-state index contributed by atoms with van der Waals surface area (Å²) in [5.74, 6) is 0.195. The Morgan fingerprint density at radius 2 is 1.38 bits per heavy atom. The largest absolute Gasteiger partial charge is 0.508 e. The molecule has 3 aromatic carbocycles. The van der Waals surface area contributed by atoms with Gasteiger partial charge in [-0.05, 0) is 34.4 Å². The predicted molar refractivity (Wildman–Crippen MR) is 64.8 cm³/mol. The van der Waals surface area contributed by atoms with Gasteiger partial charge in [-0.15, -0.1) is 0 Å². The average molecular weight is 210 g/mol. The van der Waals surface area contributed by atoms with Crippen molar-refractivity contribution in [3.63, 3.8) is 0 Å². The lowest BCUT2D eigenvalue weighted by molar-refractivity contribution is 0.455. The molecule has 3 aromatic rings. The molecule has 16 heavy (non-hydrogen) atoms. The van der Waals surface area contributed by atoms with Crippen LogP contribution >= 0.6 is 0 Å². The maximum Gasteiger partial charge on any atom is 0.127 e. The van der Waals surface area contributed by atoms with Gasteiger partial charge in [0.25, 0.3) is 0 Å². The van der Waals surface area contributed by atoms with Crippen molar-refractivity contribution in [3.8, 4) is 11.5 Å². The molecule has 0 spiro atoms. The Hall–Kier alpha value is -2.22. The molecule has 0 aliphatic heterocycles. The lowest BCUT2D eigenvalue weighted by atomic mass is 10.0. The van der Waals surface area contributed by atoms with Crippen molar-refractivity contribution in [2.75, 3.05) is 0 Å². The Bertz CT molecular complexity index is 687. The molecule has 0 aromatic heterocycles. The van der Waals surface area contributed by atoms with Crippen LogP contribution in [0.4, 0.5) is 0 Å². The average Bonchev–Trinajstić information content (AvgIpc) is 2.27. The van der Waals surface area contributed by atoms with Crippen molar-refractivity contribution in [1.29, 1.82) is 0 Å². The Labute approximate surface area is 92.4 Å². The van der Waals surface area contributed by atoms with Gasteiger partial charge in [-0.1, -0.05) is 24.3 Å². The minimum atomic E-state index is 0.0836. The van der Waals surface area contributed by atoms with Crippen molar-refractivity contribution < 1.29 is 10.2 Å². The van der Waals surface area contributed by atoms with Crippen molar-refractivity contribution >= 4 is 21.5 Å². The van der Waals surface area contributed by atoms with Crippen molar-refractivity contribution in [3.05, 3.63) is 48.5 Å². The van der Waals surface area contributed by atoms with E-state index in [0.29, 0.717) is 0 Å². The SMILES string of the molecule is Oc1cc(O)c2cc3ccccc3cc2c1. The summed E-state index contributed by atoms with van der Waals surface area (Å²) in [4.78, 5) is 0. The minimum Gasteiger partial charge on any atom is -0.508 e. The maximum atomic E-state index is 9.75. The highest BCUT2D eigenvalue weighted by Crippen LogP contribution is 2.32. The van der Waals surface area contributed by atoms with Gasteiger partial charge < -0.3 is 10.2 Å². The lowest BCUT2D eigenvalue weighted by Gasteiger charge is -2.05. The smallest absolute Gasteiger partial charge is 0.127 e. The number of benzene rings is 3. The van der Waals surface area contributed by atoms with Crippen LogP contribution in [-0.2, 0) is 0 Å². The first-order valence-electron chi connectivity index (χ1n) is 5.08. The van der Waals surface area contributed by atoms with Crippen molar-refractivity contribution in [2.24, 2.45) is 0 Å². The highest BCUT2D eigenvalue weighted by molar-refractivity contribution is 6.01. The third-order valence-corrected chi connectivity index (χ3v) is 2.78. The zero-order valence-electron chi connectivity index (χ0n) is 8.51. The van der Waals surface area contributed by atoms with Crippen LogP contribution < -0.4 is 0 Å². The first-order chi connectivity index (χ1) is 7.74. The summed E-state index contributed by atoms with van der Waals surface area (Å²) in [7, 11) is 0. The Kier molecular flexibility index (Phi) is 1.77. The standard InChI is InChI=1S/C14H10O2/c15-12-6-11-5-9-3-1-2-4-10(9)7-13(11)14(16)8-12/h1-8,15-16H. The first-order valence-corrected chi connectivity index (χ1v) is 5.08. The molecule has 0 radical (unpaired) electrons. The van der Waals surface area contributed by atoms with E-state index in [1.54, 1.807) is 6.07 Å². The Balaban J connectivity index is 2.51. The van der Waals surface area contributed by atoms with E-state index >= 15 is 0 Å². The monoisotopic (exact) mass is 210 g/mol. The summed E-state index contributed by atoms with van der Waals surface area (Å²) in [6.07, 6.45) is 0. The van der Waals surface area contributed by atoms with Crippen LogP contribution in [-0.4, -0.2) is 10.2 Å². The molecule has 0 saturated carbocycles. The summed E-state index contributed by atoms with van der Waals surface area (Å²) in [6, 6.07) is 14.8. The molecule has 0 amide bonds. The number of hydrogen-bond donors (Lipinski definition) is 2. The van der Waals surface area contributed by atoms with Crippen LogP contribution in [0.3, 0.4) is 0 Å². The Morgan fingerprint density at radius 1 is 0.688 bits per heavy atom. The molecule has 78 valence electrons. The van der Waals surface area contributed by atoms with Crippen LogP contribution in [0.1, 0.15) is 0 Å². The van der Waals surface area contributed by atoms with Gasteiger partial charge in [-0.2, -0.15) is 0 Å². The number of fused-ring (bicyclic) bond motifs is 2. The van der Waals surface area contributed by atoms with Gasteiger partial charge in [0.2, 0.25) is 0 Å². The van der Waals surface area contributed by atoms with Gasteiger partial charge in [0.05, 0.1) is 0 Å². The fraction of sp³-hybridized carbons (Fsp3) is 0. The molecule has 0 aliphatic carbocycles. The van der Waals surface area contributed by atoms with Gasteiger partial charge in [-0.3, -0.25) is 0 Å². The fourth-order valence-corrected chi connectivity index (χ4v) is 2.02. The molecule has 0 aliphatic rings. The highest BCUT2D eigenvalue weighted by Gasteiger charge is 2.04. The van der Waals surface area contributed by atoms with Crippen LogP contribution in [0, 0.1) is 0 Å². The highest BCUT2D eigenvalue weighted by atomic mass is 16.3. The number of phenols is 2. The van der Waals surface area contributed by atoms with Gasteiger partial charge in [0.15, 0.2) is 0 Å². The lowest BCUT2D eigenvalue weighted by Crippen LogP contribution is -1.77. The quantitative estimate of drug-likeness (QED) is 0.558. The van der Waals surface area contributed by atoms with Gasteiger partial charge in [0, 0.05) is 11.5 Å². The number of phenolic OH excluding ortho intramolecular Hbond substituents is 2. The van der Waals surface area contributed by atoms with Crippen molar-refractivity contribution in [1.82, 2.24) is 0 Å². The van der Waals surface area contributed by atoms with Crippen molar-refractivity contribution in [2.45, 2.75) is 0 Å². The molecular weight excluding hydrogens is 200 g/mol. The zero-order valence-corrected chi connectivity index (χ0v) is 8.51. The molecule has 2 N–H and O–H groups in total. The second-order valence-corrected chi connectivity index (χ2v) is 3.89. The molecule has 0 bridgehead atoms. The Morgan fingerprint density at radius 3 is 2.12 bits per heavy atom. The summed E-state index contributed by atoms with van der Waals surface area (Å²) < 4.78 is 0. The molecule has 2 nitrogen and oxygen atoms in total. The van der Waals surface area contributed by atoms with E-state index in [1.807, 2.05) is 36.4 Å². The van der Waals surface area contributed by atoms with Gasteiger partial charge in [0.1, 0.15) is 11.5 Å². The second-order valence-electron chi connectivity index (χ2n) is 3.89. The summed E-state index contributed by atoms with van der Waals surface area (Å²) in [5.41, 5.74) is 0. The fourth-order valence-electron chi connectivity index (χ4n) is 2.02. The summed E-state index contributed by atoms with van der Waals surface area (Å²) >= 11 is 0. The third-order valence-electron chi connectivity index (χ3n) is 2.78. The zero-order chi connectivity index (χ0) is 11.1. The molecule has 0 fully saturated rings. The predicted octanol–water partition coefficient (Wildman–Crippen LogP) is 3.40. The molecule has 3 rings (SSSR count). The van der Waals surface area contributed by atoms with Crippen LogP contribution in [0.5, 0.6) is 11.5 Å². The van der Waals surface area contributed by atoms with Gasteiger partial charge >= 0.3 is 0 Å². The van der Waals surface area contributed by atoms with E-state index in [9.17, 15) is 10.2 Å². The van der Waals surface area contributed by atoms with Gasteiger partial charge in [-0.25, -0.2) is 0 Å². The van der Waals surface area contributed by atoms with Crippen LogP contribution in [0.15, 0.2) is 48.5 Å². The van der Waals surface area contributed by atoms with E-state index in [2.05, 4.69) is 0 Å². The molecule has 0 heterocycles. The van der Waals surface area contributed by atoms with E-state index in [0.717, 1.165) is 21.5 Å². The summed E-state index contributed by atoms with van der Waals surface area (Å²) in [5, 5.41) is 23.0. The third kappa shape index (κ3) is 1.27. The van der Waals surface area contributed by atoms with E-state index in [4.69, 9.17) is 0 Å². The minimum absolute atomic E-state index is 0.0836. The normalized spacial score (nSPS) is 11.0. The topological polar surface area (TPSA) is 40.5 Å². The van der Waals surface area contributed by atoms with Crippen LogP contribution in [0.25, 0.3) is 21.5 Å². The number of aromatic hydroxyl groups is 2.